The van der Waals surface area contributed by atoms with Gasteiger partial charge in [0.1, 0.15) is 17.7 Å². The lowest BCUT2D eigenvalue weighted by atomic mass is 10.0. The number of nitrogens with zero attached hydrogens (tertiary/aromatic N) is 3. The van der Waals surface area contributed by atoms with Crippen LogP contribution in [-0.2, 0) is 16.0 Å². The Morgan fingerprint density at radius 3 is 2.72 bits per heavy atom. The van der Waals surface area contributed by atoms with Gasteiger partial charge in [-0.1, -0.05) is 0 Å². The summed E-state index contributed by atoms with van der Waals surface area (Å²) in [5.74, 6) is 0.161. The number of amides is 2. The quantitative estimate of drug-likeness (QED) is 0.756. The zero-order chi connectivity index (χ0) is 21.0. The Bertz CT molecular complexity index is 902. The molecule has 1 N–H and O–H groups in total. The first-order valence-corrected chi connectivity index (χ1v) is 9.21. The summed E-state index contributed by atoms with van der Waals surface area (Å²) in [6.07, 6.45) is 0.388. The molecule has 2 amide bonds. The maximum atomic E-state index is 14.1. The van der Waals surface area contributed by atoms with Crippen LogP contribution in [0.3, 0.4) is 0 Å². The van der Waals surface area contributed by atoms with Gasteiger partial charge in [0.05, 0.1) is 19.3 Å². The van der Waals surface area contributed by atoms with Crippen LogP contribution in [0.5, 0.6) is 11.6 Å². The van der Waals surface area contributed by atoms with E-state index in [1.807, 2.05) is 0 Å². The Morgan fingerprint density at radius 1 is 1.28 bits per heavy atom. The number of benzene rings is 1. The zero-order valence-electron chi connectivity index (χ0n) is 16.6. The van der Waals surface area contributed by atoms with Gasteiger partial charge in [-0.15, -0.1) is 10.2 Å². The molecule has 29 heavy (non-hydrogen) atoms. The number of aromatic nitrogens is 2. The predicted octanol–water partition coefficient (Wildman–Crippen LogP) is 1.58. The van der Waals surface area contributed by atoms with E-state index in [9.17, 15) is 14.0 Å². The fourth-order valence-corrected chi connectivity index (χ4v) is 3.03. The lowest BCUT2D eigenvalue weighted by Crippen LogP contribution is -2.35. The van der Waals surface area contributed by atoms with Crippen LogP contribution in [0.25, 0.3) is 11.3 Å². The van der Waals surface area contributed by atoms with Crippen LogP contribution in [0.1, 0.15) is 18.4 Å². The number of halogens is 1. The Kier molecular flexibility index (Phi) is 6.26. The second-order valence-electron chi connectivity index (χ2n) is 6.94. The smallest absolute Gasteiger partial charge is 0.233 e. The molecule has 1 aliphatic rings. The van der Waals surface area contributed by atoms with Crippen molar-refractivity contribution < 1.29 is 23.5 Å². The predicted molar refractivity (Wildman–Crippen MR) is 103 cm³/mol. The number of ether oxygens (including phenoxy) is 2. The number of nitrogens with one attached hydrogen (secondary N) is 1. The van der Waals surface area contributed by atoms with E-state index in [2.05, 4.69) is 15.5 Å². The molecule has 154 valence electrons. The molecule has 0 bridgehead atoms. The molecule has 0 saturated heterocycles. The molecule has 1 aromatic carbocycles. The van der Waals surface area contributed by atoms with Crippen LogP contribution in [0, 0.1) is 5.82 Å². The van der Waals surface area contributed by atoms with Gasteiger partial charge in [-0.3, -0.25) is 9.59 Å². The van der Waals surface area contributed by atoms with Crippen molar-refractivity contribution in [2.75, 3.05) is 27.7 Å². The average Bonchev–Trinajstić information content (AvgIpc) is 3.12. The maximum Gasteiger partial charge on any atom is 0.233 e. The van der Waals surface area contributed by atoms with Crippen LogP contribution in [0.15, 0.2) is 24.3 Å². The van der Waals surface area contributed by atoms with Crippen molar-refractivity contribution in [2.24, 2.45) is 0 Å². The lowest BCUT2D eigenvalue weighted by Gasteiger charge is -2.14. The molecule has 2 heterocycles. The van der Waals surface area contributed by atoms with Crippen molar-refractivity contribution in [2.45, 2.75) is 25.4 Å². The van der Waals surface area contributed by atoms with E-state index in [4.69, 9.17) is 9.47 Å². The van der Waals surface area contributed by atoms with Gasteiger partial charge in [-0.05, 0) is 18.2 Å². The van der Waals surface area contributed by atoms with E-state index in [0.717, 1.165) is 0 Å². The third kappa shape index (κ3) is 4.98. The minimum atomic E-state index is -0.396. The third-order valence-corrected chi connectivity index (χ3v) is 4.58. The number of fused-ring (bicyclic) bond motifs is 1. The zero-order valence-corrected chi connectivity index (χ0v) is 16.6. The monoisotopic (exact) mass is 402 g/mol. The molecule has 1 aromatic heterocycles. The number of carbonyl (C=O) groups excluding carboxylic acids is 2. The van der Waals surface area contributed by atoms with Crippen LogP contribution < -0.4 is 14.8 Å². The third-order valence-electron chi connectivity index (χ3n) is 4.58. The van der Waals surface area contributed by atoms with E-state index in [1.165, 1.54) is 24.1 Å². The Hall–Kier alpha value is -3.23. The SMILES string of the molecule is COc1ccc(-c2cc(F)cc3c2O[C@@H](CNC(=O)CCC(=O)N(C)C)C3)nn1. The number of carbonyl (C=O) groups is 2. The fourth-order valence-electron chi connectivity index (χ4n) is 3.03. The highest BCUT2D eigenvalue weighted by Gasteiger charge is 2.28. The summed E-state index contributed by atoms with van der Waals surface area (Å²) in [7, 11) is 4.78. The van der Waals surface area contributed by atoms with Gasteiger partial charge in [0.25, 0.3) is 0 Å². The molecule has 1 aliphatic heterocycles. The minimum absolute atomic E-state index is 0.106. The number of hydrogen-bond acceptors (Lipinski definition) is 6. The highest BCUT2D eigenvalue weighted by Crippen LogP contribution is 2.38. The fraction of sp³-hybridized carbons (Fsp3) is 0.400. The summed E-state index contributed by atoms with van der Waals surface area (Å²) in [5.41, 5.74) is 1.67. The maximum absolute atomic E-state index is 14.1. The highest BCUT2D eigenvalue weighted by molar-refractivity contribution is 5.83. The molecular weight excluding hydrogens is 379 g/mol. The van der Waals surface area contributed by atoms with Gasteiger partial charge < -0.3 is 19.7 Å². The van der Waals surface area contributed by atoms with Gasteiger partial charge in [-0.25, -0.2) is 4.39 Å². The van der Waals surface area contributed by atoms with Crippen LogP contribution in [0.4, 0.5) is 4.39 Å². The molecule has 2 aromatic rings. The number of methoxy groups -OCH3 is 1. The highest BCUT2D eigenvalue weighted by atomic mass is 19.1. The number of rotatable bonds is 7. The molecule has 0 spiro atoms. The molecule has 8 nitrogen and oxygen atoms in total. The Morgan fingerprint density at radius 2 is 2.07 bits per heavy atom. The molecule has 0 unspecified atom stereocenters. The summed E-state index contributed by atoms with van der Waals surface area (Å²) in [4.78, 5) is 25.0. The van der Waals surface area contributed by atoms with Crippen molar-refractivity contribution >= 4 is 11.8 Å². The molecule has 0 saturated carbocycles. The summed E-state index contributed by atoms with van der Waals surface area (Å²) in [6, 6.07) is 6.10. The van der Waals surface area contributed by atoms with Crippen molar-refractivity contribution in [3.63, 3.8) is 0 Å². The molecular formula is C20H23FN4O4. The first kappa shape index (κ1) is 20.5. The molecule has 0 aliphatic carbocycles. The summed E-state index contributed by atoms with van der Waals surface area (Å²) >= 11 is 0. The van der Waals surface area contributed by atoms with Gasteiger partial charge in [-0.2, -0.15) is 0 Å². The Labute approximate surface area is 168 Å². The van der Waals surface area contributed by atoms with Crippen molar-refractivity contribution in [3.05, 3.63) is 35.6 Å². The standard InChI is InChI=1S/C20H23FN4O4/c1-25(2)19(27)7-5-17(26)22-11-14-9-12-8-13(21)10-15(20(12)29-14)16-4-6-18(28-3)24-23-16/h4,6,8,10,14H,5,7,9,11H2,1-3H3,(H,22,26)/t14-/m1/s1. The van der Waals surface area contributed by atoms with Crippen molar-refractivity contribution in [1.29, 1.82) is 0 Å². The van der Waals surface area contributed by atoms with Gasteiger partial charge in [0.15, 0.2) is 0 Å². The molecule has 3 rings (SSSR count). The van der Waals surface area contributed by atoms with Crippen LogP contribution >= 0.6 is 0 Å². The van der Waals surface area contributed by atoms with Gasteiger partial charge >= 0.3 is 0 Å². The van der Waals surface area contributed by atoms with E-state index in [-0.39, 0.29) is 37.3 Å². The second-order valence-corrected chi connectivity index (χ2v) is 6.94. The van der Waals surface area contributed by atoms with Crippen molar-refractivity contribution in [1.82, 2.24) is 20.4 Å². The molecule has 1 atom stereocenters. The van der Waals surface area contributed by atoms with E-state index < -0.39 is 5.82 Å². The van der Waals surface area contributed by atoms with Crippen LogP contribution in [0.2, 0.25) is 0 Å². The lowest BCUT2D eigenvalue weighted by molar-refractivity contribution is -0.131. The topological polar surface area (TPSA) is 93.6 Å². The second kappa shape index (κ2) is 8.85. The molecule has 9 heteroatoms. The van der Waals surface area contributed by atoms with Gasteiger partial charge in [0.2, 0.25) is 17.7 Å². The molecule has 0 fully saturated rings. The first-order chi connectivity index (χ1) is 13.9. The number of hydrogen-bond donors (Lipinski definition) is 1. The van der Waals surface area contributed by atoms with E-state index in [1.54, 1.807) is 26.2 Å². The van der Waals surface area contributed by atoms with Crippen molar-refractivity contribution in [3.8, 4) is 22.9 Å². The van der Waals surface area contributed by atoms with Crippen LogP contribution in [-0.4, -0.2) is 60.8 Å². The summed E-state index contributed by atoms with van der Waals surface area (Å²) < 4.78 is 25.1. The van der Waals surface area contributed by atoms with E-state index in [0.29, 0.717) is 34.9 Å². The van der Waals surface area contributed by atoms with E-state index >= 15 is 0 Å². The minimum Gasteiger partial charge on any atom is -0.487 e. The first-order valence-electron chi connectivity index (χ1n) is 9.21. The largest absolute Gasteiger partial charge is 0.487 e. The summed E-state index contributed by atoms with van der Waals surface area (Å²) in [6.45, 7) is 0.263. The summed E-state index contributed by atoms with van der Waals surface area (Å²) in [5, 5.41) is 10.8. The normalized spacial score (nSPS) is 14.7. The average molecular weight is 402 g/mol. The van der Waals surface area contributed by atoms with Gasteiger partial charge in [0, 0.05) is 50.6 Å². The Balaban J connectivity index is 1.64. The molecule has 0 radical (unpaired) electrons.